The maximum Gasteiger partial charge on any atom is 0.252 e. The zero-order valence-corrected chi connectivity index (χ0v) is 22.7. The lowest BCUT2D eigenvalue weighted by Gasteiger charge is -2.48. The molecule has 3 nitrogen and oxygen atoms in total. The van der Waals surface area contributed by atoms with E-state index in [9.17, 15) is 9.18 Å². The molecule has 0 bridgehead atoms. The molecule has 2 fully saturated rings. The summed E-state index contributed by atoms with van der Waals surface area (Å²) in [6, 6.07) is 11.9. The van der Waals surface area contributed by atoms with Crippen LogP contribution in [0.4, 0.5) is 4.39 Å². The number of amides is 1. The lowest BCUT2D eigenvalue weighted by molar-refractivity contribution is -0.178. The van der Waals surface area contributed by atoms with E-state index in [1.54, 1.807) is 18.2 Å². The molecule has 0 N–H and O–H groups in total. The van der Waals surface area contributed by atoms with Gasteiger partial charge in [-0.15, -0.1) is 6.58 Å². The summed E-state index contributed by atoms with van der Waals surface area (Å²) >= 11 is 14.3. The summed E-state index contributed by atoms with van der Waals surface area (Å²) in [6.07, 6.45) is 3.15. The normalized spacial score (nSPS) is 23.9. The Labute approximate surface area is 222 Å². The number of carbonyl (C=O) groups is 1. The molecule has 0 spiro atoms. The molecule has 1 aliphatic carbocycles. The van der Waals surface area contributed by atoms with Crippen molar-refractivity contribution < 1.29 is 13.9 Å². The Balaban J connectivity index is 1.84. The van der Waals surface area contributed by atoms with E-state index in [0.717, 1.165) is 29.7 Å². The number of ether oxygens (including phenoxy) is 1. The van der Waals surface area contributed by atoms with Gasteiger partial charge in [-0.2, -0.15) is 11.8 Å². The zero-order chi connectivity index (χ0) is 25.3. The van der Waals surface area contributed by atoms with Crippen molar-refractivity contribution in [3.8, 4) is 0 Å². The number of morpholine rings is 1. The standard InChI is InChI=1S/C28H32Cl2FNO2S/c1-5-6-24-27(33)32(23(17-7-8-17)16-35-28(2,3)4)25(18-9-12-20(29)13-10-18)26(34-24)19-11-14-22(31)21(30)15-19/h5,9-15,17,23-26H,1,6-8,16H2,2-4H3/t23-,24+,25-,26-/m1/s1. The van der Waals surface area contributed by atoms with E-state index in [2.05, 4.69) is 32.3 Å². The number of hydrogen-bond donors (Lipinski definition) is 0. The van der Waals surface area contributed by atoms with Crippen molar-refractivity contribution in [2.75, 3.05) is 5.75 Å². The fraction of sp³-hybridized carbons (Fsp3) is 0.464. The van der Waals surface area contributed by atoms with Gasteiger partial charge in [0.15, 0.2) is 0 Å². The molecular weight excluding hydrogens is 504 g/mol. The first-order valence-electron chi connectivity index (χ1n) is 12.0. The van der Waals surface area contributed by atoms with Crippen molar-refractivity contribution in [2.45, 2.75) is 69.1 Å². The highest BCUT2D eigenvalue weighted by molar-refractivity contribution is 8.00. The van der Waals surface area contributed by atoms with E-state index in [1.807, 2.05) is 36.0 Å². The molecule has 1 aliphatic heterocycles. The highest BCUT2D eigenvalue weighted by atomic mass is 35.5. The molecule has 0 radical (unpaired) electrons. The fourth-order valence-electron chi connectivity index (χ4n) is 4.64. The van der Waals surface area contributed by atoms with E-state index in [4.69, 9.17) is 27.9 Å². The molecule has 4 rings (SSSR count). The van der Waals surface area contributed by atoms with E-state index < -0.39 is 24.1 Å². The van der Waals surface area contributed by atoms with E-state index >= 15 is 0 Å². The highest BCUT2D eigenvalue weighted by Gasteiger charge is 2.50. The summed E-state index contributed by atoms with van der Waals surface area (Å²) in [4.78, 5) is 16.0. The zero-order valence-electron chi connectivity index (χ0n) is 20.3. The second-order valence-corrected chi connectivity index (χ2v) is 13.0. The predicted molar refractivity (Wildman–Crippen MR) is 144 cm³/mol. The van der Waals surface area contributed by atoms with Gasteiger partial charge in [0.1, 0.15) is 18.0 Å². The first-order valence-corrected chi connectivity index (χ1v) is 13.8. The average molecular weight is 537 g/mol. The van der Waals surface area contributed by atoms with Crippen LogP contribution in [0.5, 0.6) is 0 Å². The average Bonchev–Trinajstić information content (AvgIpc) is 3.63. The van der Waals surface area contributed by atoms with Gasteiger partial charge in [-0.3, -0.25) is 4.79 Å². The van der Waals surface area contributed by atoms with Gasteiger partial charge in [0.05, 0.1) is 11.1 Å². The van der Waals surface area contributed by atoms with Gasteiger partial charge in [-0.25, -0.2) is 4.39 Å². The number of carbonyl (C=O) groups excluding carboxylic acids is 1. The Hall–Kier alpha value is -1.53. The fourth-order valence-corrected chi connectivity index (χ4v) is 6.06. The van der Waals surface area contributed by atoms with Crippen molar-refractivity contribution in [2.24, 2.45) is 5.92 Å². The minimum atomic E-state index is -0.661. The molecule has 2 aromatic rings. The van der Waals surface area contributed by atoms with Crippen molar-refractivity contribution in [1.82, 2.24) is 4.90 Å². The van der Waals surface area contributed by atoms with E-state index in [1.165, 1.54) is 6.07 Å². The third kappa shape index (κ3) is 6.25. The van der Waals surface area contributed by atoms with Crippen LogP contribution < -0.4 is 0 Å². The summed E-state index contributed by atoms with van der Waals surface area (Å²) in [6.45, 7) is 10.4. The second-order valence-electron chi connectivity index (χ2n) is 10.3. The number of thioether (sulfide) groups is 1. The second kappa shape index (κ2) is 10.8. The molecule has 1 amide bonds. The highest BCUT2D eigenvalue weighted by Crippen LogP contribution is 2.49. The summed E-state index contributed by atoms with van der Waals surface area (Å²) in [5.41, 5.74) is 1.66. The predicted octanol–water partition coefficient (Wildman–Crippen LogP) is 8.03. The van der Waals surface area contributed by atoms with E-state index in [0.29, 0.717) is 17.4 Å². The van der Waals surface area contributed by atoms with Gasteiger partial charge >= 0.3 is 0 Å². The topological polar surface area (TPSA) is 29.5 Å². The van der Waals surface area contributed by atoms with Crippen LogP contribution >= 0.6 is 35.0 Å². The Bertz CT molecular complexity index is 1070. The van der Waals surface area contributed by atoms with Crippen LogP contribution in [0, 0.1) is 11.7 Å². The molecule has 1 saturated carbocycles. The van der Waals surface area contributed by atoms with Crippen LogP contribution in [0.1, 0.15) is 63.3 Å². The van der Waals surface area contributed by atoms with Crippen molar-refractivity contribution in [3.05, 3.63) is 82.1 Å². The Morgan fingerprint density at radius 2 is 1.83 bits per heavy atom. The molecule has 4 atom stereocenters. The van der Waals surface area contributed by atoms with Crippen LogP contribution in [0.25, 0.3) is 0 Å². The van der Waals surface area contributed by atoms with Gasteiger partial charge in [0.2, 0.25) is 0 Å². The van der Waals surface area contributed by atoms with Crippen LogP contribution in [0.15, 0.2) is 55.1 Å². The molecule has 7 heteroatoms. The largest absolute Gasteiger partial charge is 0.358 e. The maximum absolute atomic E-state index is 14.1. The Morgan fingerprint density at radius 3 is 2.40 bits per heavy atom. The number of rotatable bonds is 8. The van der Waals surface area contributed by atoms with Crippen LogP contribution in [0.3, 0.4) is 0 Å². The molecule has 2 aliphatic rings. The van der Waals surface area contributed by atoms with Crippen molar-refractivity contribution >= 4 is 40.9 Å². The summed E-state index contributed by atoms with van der Waals surface area (Å²) < 4.78 is 20.6. The summed E-state index contributed by atoms with van der Waals surface area (Å²) in [5.74, 6) is 0.772. The lowest BCUT2D eigenvalue weighted by atomic mass is 9.89. The summed E-state index contributed by atoms with van der Waals surface area (Å²) in [5, 5.41) is 0.656. The Kier molecular flexibility index (Phi) is 8.22. The first kappa shape index (κ1) is 26.5. The third-order valence-corrected chi connectivity index (χ3v) is 8.42. The monoisotopic (exact) mass is 535 g/mol. The molecule has 2 aromatic carbocycles. The van der Waals surface area contributed by atoms with Gasteiger partial charge in [0.25, 0.3) is 5.91 Å². The van der Waals surface area contributed by atoms with Crippen LogP contribution in [0.2, 0.25) is 10.0 Å². The number of nitrogens with zero attached hydrogens (tertiary/aromatic N) is 1. The third-order valence-electron chi connectivity index (χ3n) is 6.50. The van der Waals surface area contributed by atoms with Gasteiger partial charge < -0.3 is 9.64 Å². The molecular formula is C28H32Cl2FNO2S. The van der Waals surface area contributed by atoms with Crippen LogP contribution in [-0.4, -0.2) is 33.5 Å². The molecule has 35 heavy (non-hydrogen) atoms. The SMILES string of the molecule is C=CC[C@@H]1O[C@H](c2ccc(F)c(Cl)c2)[C@@H](c2ccc(Cl)cc2)N([C@H](CSC(C)(C)C)C2CC2)C1=O. The molecule has 1 heterocycles. The van der Waals surface area contributed by atoms with Gasteiger partial charge in [0, 0.05) is 28.0 Å². The van der Waals surface area contributed by atoms with Gasteiger partial charge in [-0.1, -0.05) is 68.2 Å². The minimum absolute atomic E-state index is 0.0271. The molecule has 188 valence electrons. The molecule has 1 saturated heterocycles. The number of hydrogen-bond acceptors (Lipinski definition) is 3. The molecule has 0 aromatic heterocycles. The van der Waals surface area contributed by atoms with E-state index in [-0.39, 0.29) is 21.7 Å². The first-order chi connectivity index (χ1) is 16.6. The summed E-state index contributed by atoms with van der Waals surface area (Å²) in [7, 11) is 0. The maximum atomic E-state index is 14.1. The van der Waals surface area contributed by atoms with Gasteiger partial charge in [-0.05, 0) is 54.2 Å². The minimum Gasteiger partial charge on any atom is -0.358 e. The van der Waals surface area contributed by atoms with Crippen molar-refractivity contribution in [1.29, 1.82) is 0 Å². The smallest absolute Gasteiger partial charge is 0.252 e. The van der Waals surface area contributed by atoms with Crippen molar-refractivity contribution in [3.63, 3.8) is 0 Å². The lowest BCUT2D eigenvalue weighted by Crippen LogP contribution is -2.56. The number of halogens is 3. The number of benzene rings is 2. The van der Waals surface area contributed by atoms with Crippen LogP contribution in [-0.2, 0) is 9.53 Å². The molecule has 0 unspecified atom stereocenters. The Morgan fingerprint density at radius 1 is 1.17 bits per heavy atom. The quantitative estimate of drug-likeness (QED) is 0.320.